The molecule has 0 aliphatic carbocycles. The van der Waals surface area contributed by atoms with E-state index in [1.165, 1.54) is 18.2 Å². The van der Waals surface area contributed by atoms with Crippen LogP contribution in [0, 0.1) is 0 Å². The molecule has 102 valence electrons. The fourth-order valence-electron chi connectivity index (χ4n) is 1.56. The van der Waals surface area contributed by atoms with Crippen LogP contribution >= 0.6 is 0 Å². The molecule has 5 nitrogen and oxygen atoms in total. The quantitative estimate of drug-likeness (QED) is 0.518. The molecule has 1 heterocycles. The van der Waals surface area contributed by atoms with E-state index in [2.05, 4.69) is 14.2 Å². The Morgan fingerprint density at radius 2 is 2.21 bits per heavy atom. The number of ether oxygens (including phenoxy) is 3. The van der Waals surface area contributed by atoms with E-state index in [1.807, 2.05) is 0 Å². The Morgan fingerprint density at radius 1 is 1.47 bits per heavy atom. The largest absolute Gasteiger partial charge is 0.586 e. The van der Waals surface area contributed by atoms with Crippen molar-refractivity contribution in [3.05, 3.63) is 23.8 Å². The lowest BCUT2D eigenvalue weighted by Gasteiger charge is -2.06. The van der Waals surface area contributed by atoms with E-state index in [0.717, 1.165) is 6.08 Å². The van der Waals surface area contributed by atoms with Crippen molar-refractivity contribution in [1.29, 1.82) is 0 Å². The van der Waals surface area contributed by atoms with Crippen molar-refractivity contribution in [3.63, 3.8) is 0 Å². The molecule has 0 radical (unpaired) electrons. The zero-order valence-electron chi connectivity index (χ0n) is 9.98. The summed E-state index contributed by atoms with van der Waals surface area (Å²) in [7, 11) is 0. The zero-order valence-corrected chi connectivity index (χ0v) is 9.98. The molecule has 0 fully saturated rings. The maximum absolute atomic E-state index is 13.0. The monoisotopic (exact) mass is 271 g/mol. The van der Waals surface area contributed by atoms with Crippen LogP contribution in [-0.2, 0) is 9.53 Å². The van der Waals surface area contributed by atoms with Gasteiger partial charge in [-0.3, -0.25) is 0 Å². The third-order valence-corrected chi connectivity index (χ3v) is 2.32. The van der Waals surface area contributed by atoms with Crippen LogP contribution in [0.1, 0.15) is 12.5 Å². The molecule has 19 heavy (non-hydrogen) atoms. The average molecular weight is 271 g/mol. The minimum absolute atomic E-state index is 0.136. The van der Waals surface area contributed by atoms with E-state index in [9.17, 15) is 13.6 Å². The highest BCUT2D eigenvalue weighted by Crippen LogP contribution is 2.45. The number of carbonyl (C=O) groups is 1. The number of carbonyl (C=O) groups excluding carboxylic acids is 1. The van der Waals surface area contributed by atoms with Crippen LogP contribution in [-0.4, -0.2) is 18.9 Å². The summed E-state index contributed by atoms with van der Waals surface area (Å²) in [5.74, 6) is -0.946. The first kappa shape index (κ1) is 13.1. The molecule has 2 N–H and O–H groups in total. The average Bonchev–Trinajstić information content (AvgIpc) is 2.63. The molecule has 0 saturated heterocycles. The number of halogens is 2. The lowest BCUT2D eigenvalue weighted by molar-refractivity contribution is -0.286. The first-order chi connectivity index (χ1) is 8.93. The van der Waals surface area contributed by atoms with Gasteiger partial charge in [-0.2, -0.15) is 0 Å². The fourth-order valence-corrected chi connectivity index (χ4v) is 1.56. The third-order valence-electron chi connectivity index (χ3n) is 2.32. The molecule has 0 amide bonds. The highest BCUT2D eigenvalue weighted by atomic mass is 19.3. The molecular weight excluding hydrogens is 260 g/mol. The van der Waals surface area contributed by atoms with Crippen molar-refractivity contribution in [2.75, 3.05) is 12.3 Å². The number of anilines is 1. The van der Waals surface area contributed by atoms with Crippen LogP contribution < -0.4 is 15.2 Å². The normalized spacial score (nSPS) is 15.7. The lowest BCUT2D eigenvalue weighted by atomic mass is 10.1. The SMILES string of the molecule is CCOC(=O)/C=C/c1c(N)ccc2c1OC(F)(F)O2. The maximum Gasteiger partial charge on any atom is 0.586 e. The van der Waals surface area contributed by atoms with Gasteiger partial charge >= 0.3 is 12.3 Å². The number of esters is 1. The molecule has 0 saturated carbocycles. The van der Waals surface area contributed by atoms with Gasteiger partial charge < -0.3 is 19.9 Å². The molecule has 1 aromatic carbocycles. The lowest BCUT2D eigenvalue weighted by Crippen LogP contribution is -2.26. The van der Waals surface area contributed by atoms with Crippen LogP contribution in [0.4, 0.5) is 14.5 Å². The van der Waals surface area contributed by atoms with Gasteiger partial charge in [0.1, 0.15) is 0 Å². The van der Waals surface area contributed by atoms with Crippen molar-refractivity contribution in [2.45, 2.75) is 13.2 Å². The number of hydrogen-bond donors (Lipinski definition) is 1. The fraction of sp³-hybridized carbons (Fsp3) is 0.250. The highest BCUT2D eigenvalue weighted by molar-refractivity contribution is 5.89. The predicted octanol–water partition coefficient (Wildman–Crippen LogP) is 2.17. The Kier molecular flexibility index (Phi) is 3.28. The van der Waals surface area contributed by atoms with Gasteiger partial charge in [0.2, 0.25) is 0 Å². The van der Waals surface area contributed by atoms with Gasteiger partial charge in [-0.15, -0.1) is 8.78 Å². The first-order valence-electron chi connectivity index (χ1n) is 5.46. The molecule has 0 unspecified atom stereocenters. The van der Waals surface area contributed by atoms with Crippen LogP contribution in [0.2, 0.25) is 0 Å². The smallest absolute Gasteiger partial charge is 0.463 e. The van der Waals surface area contributed by atoms with E-state index in [-0.39, 0.29) is 29.4 Å². The molecule has 1 aromatic rings. The molecule has 0 spiro atoms. The Labute approximate surface area is 107 Å². The maximum atomic E-state index is 13.0. The molecule has 1 aliphatic heterocycles. The van der Waals surface area contributed by atoms with Gasteiger partial charge in [0.15, 0.2) is 11.5 Å². The van der Waals surface area contributed by atoms with Crippen molar-refractivity contribution >= 4 is 17.7 Å². The summed E-state index contributed by atoms with van der Waals surface area (Å²) in [6.07, 6.45) is -1.41. The second kappa shape index (κ2) is 4.75. The second-order valence-electron chi connectivity index (χ2n) is 3.65. The number of alkyl halides is 2. The first-order valence-corrected chi connectivity index (χ1v) is 5.46. The highest BCUT2D eigenvalue weighted by Gasteiger charge is 2.44. The van der Waals surface area contributed by atoms with Crippen molar-refractivity contribution in [1.82, 2.24) is 0 Å². The number of benzene rings is 1. The van der Waals surface area contributed by atoms with Crippen molar-refractivity contribution in [3.8, 4) is 11.5 Å². The number of nitrogen functional groups attached to an aromatic ring is 1. The minimum atomic E-state index is -3.73. The molecule has 2 rings (SSSR count). The van der Waals surface area contributed by atoms with Crippen LogP contribution in [0.3, 0.4) is 0 Å². The topological polar surface area (TPSA) is 70.8 Å². The zero-order chi connectivity index (χ0) is 14.0. The summed E-state index contributed by atoms with van der Waals surface area (Å²) in [5, 5.41) is 0. The summed E-state index contributed by atoms with van der Waals surface area (Å²) < 4.78 is 39.3. The van der Waals surface area contributed by atoms with Crippen molar-refractivity contribution < 1.29 is 27.8 Å². The van der Waals surface area contributed by atoms with E-state index in [1.54, 1.807) is 6.92 Å². The Morgan fingerprint density at radius 3 is 2.89 bits per heavy atom. The van der Waals surface area contributed by atoms with Gasteiger partial charge in [-0.1, -0.05) is 0 Å². The van der Waals surface area contributed by atoms with Gasteiger partial charge in [0.25, 0.3) is 0 Å². The summed E-state index contributed by atoms with van der Waals surface area (Å²) in [6.45, 7) is 1.86. The minimum Gasteiger partial charge on any atom is -0.463 e. The van der Waals surface area contributed by atoms with Gasteiger partial charge in [-0.05, 0) is 25.1 Å². The molecule has 0 aromatic heterocycles. The van der Waals surface area contributed by atoms with E-state index < -0.39 is 12.3 Å². The molecule has 7 heteroatoms. The predicted molar refractivity (Wildman–Crippen MR) is 62.7 cm³/mol. The Hall–Kier alpha value is -2.31. The Balaban J connectivity index is 2.32. The van der Waals surface area contributed by atoms with Crippen LogP contribution in [0.25, 0.3) is 6.08 Å². The Bertz CT molecular complexity index is 543. The number of rotatable bonds is 3. The summed E-state index contributed by atoms with van der Waals surface area (Å²) in [6, 6.07) is 2.65. The van der Waals surface area contributed by atoms with Crippen molar-refractivity contribution in [2.24, 2.45) is 0 Å². The second-order valence-corrected chi connectivity index (χ2v) is 3.65. The van der Waals surface area contributed by atoms with E-state index >= 15 is 0 Å². The molecule has 0 atom stereocenters. The number of hydrogen-bond acceptors (Lipinski definition) is 5. The van der Waals surface area contributed by atoms with Crippen LogP contribution in [0.15, 0.2) is 18.2 Å². The standard InChI is InChI=1S/C12H11F2NO4/c1-2-17-10(16)6-3-7-8(15)4-5-9-11(7)19-12(13,14)18-9/h3-6H,2,15H2,1H3/b6-3+. The third kappa shape index (κ3) is 2.75. The molecule has 0 bridgehead atoms. The number of nitrogens with two attached hydrogens (primary N) is 1. The van der Waals surface area contributed by atoms with E-state index in [4.69, 9.17) is 5.73 Å². The van der Waals surface area contributed by atoms with Gasteiger partial charge in [-0.25, -0.2) is 4.79 Å². The number of fused-ring (bicyclic) bond motifs is 1. The molecule has 1 aliphatic rings. The van der Waals surface area contributed by atoms with Gasteiger partial charge in [0.05, 0.1) is 6.61 Å². The van der Waals surface area contributed by atoms with Gasteiger partial charge in [0, 0.05) is 17.3 Å². The van der Waals surface area contributed by atoms with Crippen LogP contribution in [0.5, 0.6) is 11.5 Å². The summed E-state index contributed by atoms with van der Waals surface area (Å²) >= 11 is 0. The molecular formula is C12H11F2NO4. The van der Waals surface area contributed by atoms with E-state index in [0.29, 0.717) is 0 Å². The summed E-state index contributed by atoms with van der Waals surface area (Å²) in [4.78, 5) is 11.2. The summed E-state index contributed by atoms with van der Waals surface area (Å²) in [5.41, 5.74) is 5.98.